The number of aliphatic imine (C=N–C) groups is 1. The first kappa shape index (κ1) is 15.3. The summed E-state index contributed by atoms with van der Waals surface area (Å²) in [6.45, 7) is 8.74. The Hall–Kier alpha value is -1.07. The first-order chi connectivity index (χ1) is 9.83. The Morgan fingerprint density at radius 2 is 2.25 bits per heavy atom. The Morgan fingerprint density at radius 1 is 1.45 bits per heavy atom. The van der Waals surface area contributed by atoms with Crippen LogP contribution in [0.15, 0.2) is 22.5 Å². The third-order valence-corrected chi connectivity index (χ3v) is 4.30. The lowest BCUT2D eigenvalue weighted by Crippen LogP contribution is -2.47. The van der Waals surface area contributed by atoms with Crippen LogP contribution in [0, 0.1) is 0 Å². The average Bonchev–Trinajstić information content (AvgIpc) is 2.98. The van der Waals surface area contributed by atoms with E-state index in [1.807, 2.05) is 0 Å². The second-order valence-corrected chi connectivity index (χ2v) is 5.92. The van der Waals surface area contributed by atoms with Gasteiger partial charge >= 0.3 is 0 Å². The Kier molecular flexibility index (Phi) is 6.33. The molecule has 112 valence electrons. The minimum Gasteiger partial charge on any atom is -0.378 e. The molecule has 1 aromatic heterocycles. The Balaban J connectivity index is 1.90. The molecule has 1 saturated heterocycles. The van der Waals surface area contributed by atoms with Crippen LogP contribution < -0.4 is 5.32 Å². The SMILES string of the molecule is CCNC(=NCc1cccs1)N1CCC(OCC)CC1. The Labute approximate surface area is 125 Å². The van der Waals surface area contributed by atoms with E-state index in [0.29, 0.717) is 6.10 Å². The number of guanidine groups is 1. The summed E-state index contributed by atoms with van der Waals surface area (Å²) in [5.41, 5.74) is 0. The van der Waals surface area contributed by atoms with Crippen molar-refractivity contribution >= 4 is 17.3 Å². The molecule has 1 aliphatic rings. The quantitative estimate of drug-likeness (QED) is 0.670. The van der Waals surface area contributed by atoms with Gasteiger partial charge in [0.1, 0.15) is 0 Å². The van der Waals surface area contributed by atoms with Crippen LogP contribution in [0.4, 0.5) is 0 Å². The maximum atomic E-state index is 5.70. The van der Waals surface area contributed by atoms with Crippen LogP contribution in [-0.4, -0.2) is 43.2 Å². The van der Waals surface area contributed by atoms with E-state index in [1.54, 1.807) is 11.3 Å². The molecule has 2 rings (SSSR count). The zero-order chi connectivity index (χ0) is 14.2. The normalized spacial score (nSPS) is 17.5. The molecule has 0 unspecified atom stereocenters. The highest BCUT2D eigenvalue weighted by atomic mass is 32.1. The molecule has 0 bridgehead atoms. The third-order valence-electron chi connectivity index (χ3n) is 3.44. The smallest absolute Gasteiger partial charge is 0.194 e. The molecule has 0 aliphatic carbocycles. The first-order valence-corrected chi connectivity index (χ1v) is 8.38. The summed E-state index contributed by atoms with van der Waals surface area (Å²) in [5, 5.41) is 5.50. The van der Waals surface area contributed by atoms with E-state index < -0.39 is 0 Å². The van der Waals surface area contributed by atoms with Gasteiger partial charge in [-0.1, -0.05) is 6.07 Å². The van der Waals surface area contributed by atoms with Crippen molar-refractivity contribution < 1.29 is 4.74 Å². The predicted molar refractivity (Wildman–Crippen MR) is 85.4 cm³/mol. The molecule has 0 amide bonds. The van der Waals surface area contributed by atoms with Crippen molar-refractivity contribution in [3.63, 3.8) is 0 Å². The lowest BCUT2D eigenvalue weighted by atomic mass is 10.1. The number of piperidine rings is 1. The molecule has 1 N–H and O–H groups in total. The van der Waals surface area contributed by atoms with Crippen LogP contribution >= 0.6 is 11.3 Å². The number of hydrogen-bond acceptors (Lipinski definition) is 3. The highest BCUT2D eigenvalue weighted by Gasteiger charge is 2.21. The van der Waals surface area contributed by atoms with Gasteiger partial charge < -0.3 is 15.0 Å². The van der Waals surface area contributed by atoms with E-state index >= 15 is 0 Å². The largest absolute Gasteiger partial charge is 0.378 e. The molecule has 0 spiro atoms. The van der Waals surface area contributed by atoms with Crippen molar-refractivity contribution in [1.82, 2.24) is 10.2 Å². The summed E-state index contributed by atoms with van der Waals surface area (Å²) in [6, 6.07) is 4.22. The molecular weight excluding hydrogens is 270 g/mol. The highest BCUT2D eigenvalue weighted by molar-refractivity contribution is 7.09. The van der Waals surface area contributed by atoms with E-state index in [-0.39, 0.29) is 0 Å². The fourth-order valence-electron chi connectivity index (χ4n) is 2.45. The minimum atomic E-state index is 0.427. The molecule has 0 aromatic carbocycles. The second kappa shape index (κ2) is 8.27. The molecular formula is C15H25N3OS. The fraction of sp³-hybridized carbons (Fsp3) is 0.667. The number of likely N-dealkylation sites (tertiary alicyclic amines) is 1. The number of thiophene rings is 1. The van der Waals surface area contributed by atoms with Crippen molar-refractivity contribution in [3.8, 4) is 0 Å². The molecule has 5 heteroatoms. The van der Waals surface area contributed by atoms with Crippen molar-refractivity contribution in [1.29, 1.82) is 0 Å². The lowest BCUT2D eigenvalue weighted by molar-refractivity contribution is 0.0263. The molecule has 20 heavy (non-hydrogen) atoms. The maximum Gasteiger partial charge on any atom is 0.194 e. The van der Waals surface area contributed by atoms with Gasteiger partial charge in [0.15, 0.2) is 5.96 Å². The summed E-state index contributed by atoms with van der Waals surface area (Å²) in [7, 11) is 0. The monoisotopic (exact) mass is 295 g/mol. The van der Waals surface area contributed by atoms with Crippen LogP contribution in [0.2, 0.25) is 0 Å². The minimum absolute atomic E-state index is 0.427. The highest BCUT2D eigenvalue weighted by Crippen LogP contribution is 2.15. The van der Waals surface area contributed by atoms with Gasteiger partial charge in [-0.15, -0.1) is 11.3 Å². The van der Waals surface area contributed by atoms with Crippen LogP contribution in [0.3, 0.4) is 0 Å². The van der Waals surface area contributed by atoms with Gasteiger partial charge in [-0.3, -0.25) is 0 Å². The summed E-state index contributed by atoms with van der Waals surface area (Å²) in [4.78, 5) is 8.42. The molecule has 1 aromatic rings. The Morgan fingerprint density at radius 3 is 2.85 bits per heavy atom. The van der Waals surface area contributed by atoms with Crippen LogP contribution in [0.1, 0.15) is 31.6 Å². The number of hydrogen-bond donors (Lipinski definition) is 1. The average molecular weight is 295 g/mol. The van der Waals surface area contributed by atoms with Crippen molar-refractivity contribution in [2.24, 2.45) is 4.99 Å². The van der Waals surface area contributed by atoms with Crippen molar-refractivity contribution in [2.75, 3.05) is 26.2 Å². The summed E-state index contributed by atoms with van der Waals surface area (Å²) in [6.07, 6.45) is 2.62. The molecule has 0 saturated carbocycles. The fourth-order valence-corrected chi connectivity index (χ4v) is 3.08. The summed E-state index contributed by atoms with van der Waals surface area (Å²) < 4.78 is 5.70. The van der Waals surface area contributed by atoms with Crippen LogP contribution in [-0.2, 0) is 11.3 Å². The van der Waals surface area contributed by atoms with Crippen molar-refractivity contribution in [3.05, 3.63) is 22.4 Å². The van der Waals surface area contributed by atoms with E-state index in [9.17, 15) is 0 Å². The summed E-state index contributed by atoms with van der Waals surface area (Å²) >= 11 is 1.76. The number of nitrogens with zero attached hydrogens (tertiary/aromatic N) is 2. The third kappa shape index (κ3) is 4.49. The molecule has 0 radical (unpaired) electrons. The zero-order valence-electron chi connectivity index (χ0n) is 12.5. The lowest BCUT2D eigenvalue weighted by Gasteiger charge is -2.34. The van der Waals surface area contributed by atoms with Gasteiger partial charge in [-0.25, -0.2) is 4.99 Å². The summed E-state index contributed by atoms with van der Waals surface area (Å²) in [5.74, 6) is 1.04. The van der Waals surface area contributed by atoms with E-state index in [0.717, 1.165) is 51.6 Å². The van der Waals surface area contributed by atoms with E-state index in [1.165, 1.54) is 4.88 Å². The second-order valence-electron chi connectivity index (χ2n) is 4.89. The van der Waals surface area contributed by atoms with Gasteiger partial charge in [0.05, 0.1) is 12.6 Å². The number of rotatable bonds is 5. The maximum absolute atomic E-state index is 5.70. The molecule has 1 fully saturated rings. The molecule has 4 nitrogen and oxygen atoms in total. The zero-order valence-corrected chi connectivity index (χ0v) is 13.3. The standard InChI is InChI=1S/C15H25N3OS/c1-3-16-15(17-12-14-6-5-11-20-14)18-9-7-13(8-10-18)19-4-2/h5-6,11,13H,3-4,7-10,12H2,1-2H3,(H,16,17). The van der Waals surface area contributed by atoms with Crippen molar-refractivity contribution in [2.45, 2.75) is 39.3 Å². The van der Waals surface area contributed by atoms with Crippen LogP contribution in [0.5, 0.6) is 0 Å². The predicted octanol–water partition coefficient (Wildman–Crippen LogP) is 2.71. The molecule has 1 aliphatic heterocycles. The van der Waals surface area contributed by atoms with E-state index in [2.05, 4.69) is 41.6 Å². The number of nitrogens with one attached hydrogen (secondary N) is 1. The van der Waals surface area contributed by atoms with Gasteiger partial charge in [0, 0.05) is 31.1 Å². The molecule has 0 atom stereocenters. The molecule has 2 heterocycles. The van der Waals surface area contributed by atoms with Gasteiger partial charge in [-0.2, -0.15) is 0 Å². The topological polar surface area (TPSA) is 36.9 Å². The van der Waals surface area contributed by atoms with Gasteiger partial charge in [0.25, 0.3) is 0 Å². The van der Waals surface area contributed by atoms with Gasteiger partial charge in [0.2, 0.25) is 0 Å². The van der Waals surface area contributed by atoms with Gasteiger partial charge in [-0.05, 0) is 38.1 Å². The van der Waals surface area contributed by atoms with Crippen LogP contribution in [0.25, 0.3) is 0 Å². The first-order valence-electron chi connectivity index (χ1n) is 7.50. The Bertz CT molecular complexity index is 397. The number of ether oxygens (including phenoxy) is 1. The van der Waals surface area contributed by atoms with E-state index in [4.69, 9.17) is 9.73 Å².